The molecule has 0 saturated heterocycles. The van der Waals surface area contributed by atoms with Gasteiger partial charge in [0.1, 0.15) is 22.3 Å². The van der Waals surface area contributed by atoms with Gasteiger partial charge in [-0.3, -0.25) is 0 Å². The van der Waals surface area contributed by atoms with E-state index in [2.05, 4.69) is 48.5 Å². The second kappa shape index (κ2) is 9.75. The molecule has 6 aromatic carbocycles. The molecule has 0 radical (unpaired) electrons. The Morgan fingerprint density at radius 3 is 1.82 bits per heavy atom. The van der Waals surface area contributed by atoms with Crippen molar-refractivity contribution in [3.05, 3.63) is 140 Å². The lowest BCUT2D eigenvalue weighted by Gasteiger charge is -2.09. The van der Waals surface area contributed by atoms with Crippen molar-refractivity contribution in [3.8, 4) is 45.3 Å². The fraction of sp³-hybridized carbons (Fsp3) is 0. The second-order valence-electron chi connectivity index (χ2n) is 10.8. The van der Waals surface area contributed by atoms with E-state index in [1.165, 1.54) is 0 Å². The number of hydrogen-bond acceptors (Lipinski definition) is 5. The summed E-state index contributed by atoms with van der Waals surface area (Å²) in [4.78, 5) is 15.1. The van der Waals surface area contributed by atoms with E-state index >= 15 is 0 Å². The summed E-state index contributed by atoms with van der Waals surface area (Å²) in [5.41, 5.74) is 8.09. The quantitative estimate of drug-likeness (QED) is 0.212. The van der Waals surface area contributed by atoms with E-state index in [0.29, 0.717) is 17.5 Å². The third-order valence-corrected chi connectivity index (χ3v) is 8.16. The molecule has 0 fully saturated rings. The molecular formula is C39H23N3O2. The summed E-state index contributed by atoms with van der Waals surface area (Å²) in [6.45, 7) is 0. The number of fused-ring (bicyclic) bond motifs is 6. The maximum atomic E-state index is 6.52. The summed E-state index contributed by atoms with van der Waals surface area (Å²) in [6.07, 6.45) is 0. The molecule has 3 aromatic heterocycles. The molecule has 0 aliphatic heterocycles. The molecule has 9 aromatic rings. The molecular weight excluding hydrogens is 542 g/mol. The van der Waals surface area contributed by atoms with Crippen molar-refractivity contribution in [1.82, 2.24) is 15.0 Å². The van der Waals surface area contributed by atoms with Gasteiger partial charge in [0.25, 0.3) is 0 Å². The molecule has 0 aliphatic carbocycles. The number of benzene rings is 6. The predicted octanol–water partition coefficient (Wildman–Crippen LogP) is 10.3. The summed E-state index contributed by atoms with van der Waals surface area (Å²) in [5, 5.41) is 4.07. The number of aromatic nitrogens is 3. The van der Waals surface area contributed by atoms with Gasteiger partial charge in [-0.2, -0.15) is 0 Å². The number of nitrogens with zero attached hydrogens (tertiary/aromatic N) is 3. The molecule has 9 rings (SSSR count). The summed E-state index contributed by atoms with van der Waals surface area (Å²) in [5.74, 6) is 1.71. The van der Waals surface area contributed by atoms with Crippen LogP contribution in [-0.4, -0.2) is 15.0 Å². The highest BCUT2D eigenvalue weighted by Crippen LogP contribution is 2.39. The SMILES string of the molecule is c1ccc(-c2ccc3oc4c(-c5nc(-c6ccccc6)nc(-c6cccc7oc8ccccc8c67)n5)cccc4c3c2)cc1. The van der Waals surface area contributed by atoms with Gasteiger partial charge >= 0.3 is 0 Å². The Morgan fingerprint density at radius 2 is 0.977 bits per heavy atom. The Bertz CT molecular complexity index is 2500. The van der Waals surface area contributed by atoms with E-state index in [-0.39, 0.29) is 0 Å². The first kappa shape index (κ1) is 24.5. The molecule has 0 bridgehead atoms. The summed E-state index contributed by atoms with van der Waals surface area (Å²) >= 11 is 0. The Hall–Kier alpha value is -6.07. The fourth-order valence-electron chi connectivity index (χ4n) is 6.08. The van der Waals surface area contributed by atoms with Crippen LogP contribution in [0, 0.1) is 0 Å². The third kappa shape index (κ3) is 3.91. The third-order valence-electron chi connectivity index (χ3n) is 8.16. The van der Waals surface area contributed by atoms with E-state index in [1.807, 2.05) is 91.0 Å². The molecule has 0 N–H and O–H groups in total. The summed E-state index contributed by atoms with van der Waals surface area (Å²) < 4.78 is 12.7. The standard InChI is InChI=1S/C39H23N3O2/c1-3-11-24(12-4-1)26-21-22-33-31(23-26)27-16-9-18-30(36(27)44-33)39-41-37(25-13-5-2-6-14-25)40-38(42-39)29-17-10-20-34-35(29)28-15-7-8-19-32(28)43-34/h1-23H. The lowest BCUT2D eigenvalue weighted by molar-refractivity contribution is 0.668. The molecule has 206 valence electrons. The molecule has 5 nitrogen and oxygen atoms in total. The lowest BCUT2D eigenvalue weighted by atomic mass is 10.0. The van der Waals surface area contributed by atoms with Crippen LogP contribution in [0.1, 0.15) is 0 Å². The van der Waals surface area contributed by atoms with Gasteiger partial charge in [0.2, 0.25) is 0 Å². The van der Waals surface area contributed by atoms with Gasteiger partial charge in [-0.05, 0) is 41.5 Å². The lowest BCUT2D eigenvalue weighted by Crippen LogP contribution is -2.00. The van der Waals surface area contributed by atoms with Crippen LogP contribution in [0.4, 0.5) is 0 Å². The molecule has 5 heteroatoms. The fourth-order valence-corrected chi connectivity index (χ4v) is 6.08. The van der Waals surface area contributed by atoms with Crippen LogP contribution in [0.25, 0.3) is 89.2 Å². The van der Waals surface area contributed by atoms with Gasteiger partial charge in [-0.25, -0.2) is 15.0 Å². The molecule has 0 spiro atoms. The highest BCUT2D eigenvalue weighted by molar-refractivity contribution is 6.12. The molecule has 0 saturated carbocycles. The summed E-state index contributed by atoms with van der Waals surface area (Å²) in [6, 6.07) is 47.0. The van der Waals surface area contributed by atoms with Gasteiger partial charge in [0.05, 0.1) is 5.56 Å². The maximum absolute atomic E-state index is 6.52. The molecule has 0 atom stereocenters. The first-order valence-electron chi connectivity index (χ1n) is 14.5. The van der Waals surface area contributed by atoms with Crippen molar-refractivity contribution in [2.75, 3.05) is 0 Å². The first-order chi connectivity index (χ1) is 21.8. The number of hydrogen-bond donors (Lipinski definition) is 0. The molecule has 44 heavy (non-hydrogen) atoms. The minimum Gasteiger partial charge on any atom is -0.456 e. The van der Waals surface area contributed by atoms with Crippen LogP contribution in [0.2, 0.25) is 0 Å². The van der Waals surface area contributed by atoms with Gasteiger partial charge in [-0.1, -0.05) is 109 Å². The Labute approximate surface area is 252 Å². The van der Waals surface area contributed by atoms with Crippen molar-refractivity contribution in [1.29, 1.82) is 0 Å². The normalized spacial score (nSPS) is 11.6. The predicted molar refractivity (Wildman–Crippen MR) is 176 cm³/mol. The van der Waals surface area contributed by atoms with E-state index in [0.717, 1.165) is 71.7 Å². The smallest absolute Gasteiger partial charge is 0.167 e. The molecule has 0 aliphatic rings. The van der Waals surface area contributed by atoms with Gasteiger partial charge in [0, 0.05) is 32.7 Å². The second-order valence-corrected chi connectivity index (χ2v) is 10.8. The van der Waals surface area contributed by atoms with Crippen molar-refractivity contribution < 1.29 is 8.83 Å². The number of furan rings is 2. The average Bonchev–Trinajstić information content (AvgIpc) is 3.67. The molecule has 0 amide bonds. The van der Waals surface area contributed by atoms with Crippen LogP contribution in [0.5, 0.6) is 0 Å². The van der Waals surface area contributed by atoms with Gasteiger partial charge in [0.15, 0.2) is 17.5 Å². The van der Waals surface area contributed by atoms with E-state index < -0.39 is 0 Å². The maximum Gasteiger partial charge on any atom is 0.167 e. The average molecular weight is 566 g/mol. The van der Waals surface area contributed by atoms with Crippen molar-refractivity contribution in [3.63, 3.8) is 0 Å². The zero-order valence-electron chi connectivity index (χ0n) is 23.4. The first-order valence-corrected chi connectivity index (χ1v) is 14.5. The Balaban J connectivity index is 1.29. The van der Waals surface area contributed by atoms with Crippen LogP contribution in [0.3, 0.4) is 0 Å². The zero-order chi connectivity index (χ0) is 29.0. The van der Waals surface area contributed by atoms with Crippen LogP contribution in [-0.2, 0) is 0 Å². The molecule has 0 unspecified atom stereocenters. The van der Waals surface area contributed by atoms with Gasteiger partial charge in [-0.15, -0.1) is 0 Å². The van der Waals surface area contributed by atoms with Gasteiger partial charge < -0.3 is 8.83 Å². The van der Waals surface area contributed by atoms with Crippen LogP contribution in [0.15, 0.2) is 148 Å². The van der Waals surface area contributed by atoms with Crippen LogP contribution < -0.4 is 0 Å². The van der Waals surface area contributed by atoms with Crippen molar-refractivity contribution in [2.45, 2.75) is 0 Å². The monoisotopic (exact) mass is 565 g/mol. The van der Waals surface area contributed by atoms with E-state index in [1.54, 1.807) is 0 Å². The van der Waals surface area contributed by atoms with Crippen molar-refractivity contribution in [2.24, 2.45) is 0 Å². The van der Waals surface area contributed by atoms with E-state index in [4.69, 9.17) is 23.8 Å². The minimum atomic E-state index is 0.548. The molecule has 3 heterocycles. The largest absolute Gasteiger partial charge is 0.456 e. The van der Waals surface area contributed by atoms with Crippen LogP contribution >= 0.6 is 0 Å². The highest BCUT2D eigenvalue weighted by atomic mass is 16.3. The zero-order valence-corrected chi connectivity index (χ0v) is 23.4. The Kier molecular flexibility index (Phi) is 5.43. The minimum absolute atomic E-state index is 0.548. The topological polar surface area (TPSA) is 65.0 Å². The Morgan fingerprint density at radius 1 is 0.364 bits per heavy atom. The van der Waals surface area contributed by atoms with E-state index in [9.17, 15) is 0 Å². The number of rotatable bonds is 4. The number of para-hydroxylation sites is 2. The highest BCUT2D eigenvalue weighted by Gasteiger charge is 2.20. The van der Waals surface area contributed by atoms with Crippen molar-refractivity contribution >= 4 is 43.9 Å². The summed E-state index contributed by atoms with van der Waals surface area (Å²) in [7, 11) is 0.